The smallest absolute Gasteiger partial charge is 0.270 e. The van der Waals surface area contributed by atoms with Crippen molar-refractivity contribution in [2.24, 2.45) is 0 Å². The maximum absolute atomic E-state index is 13.4. The van der Waals surface area contributed by atoms with E-state index in [9.17, 15) is 19.7 Å². The molecule has 33 heavy (non-hydrogen) atoms. The van der Waals surface area contributed by atoms with E-state index in [-0.39, 0.29) is 17.4 Å². The molecule has 10 heteroatoms. The first-order chi connectivity index (χ1) is 15.8. The van der Waals surface area contributed by atoms with Crippen LogP contribution in [0.15, 0.2) is 36.4 Å². The Labute approximate surface area is 196 Å². The molecule has 2 aliphatic heterocycles. The van der Waals surface area contributed by atoms with Crippen molar-refractivity contribution in [3.8, 4) is 0 Å². The molecule has 0 unspecified atom stereocenters. The van der Waals surface area contributed by atoms with Gasteiger partial charge in [-0.2, -0.15) is 0 Å². The summed E-state index contributed by atoms with van der Waals surface area (Å²) in [6.07, 6.45) is 0. The van der Waals surface area contributed by atoms with Crippen LogP contribution >= 0.6 is 11.6 Å². The average Bonchev–Trinajstić information content (AvgIpc) is 2.83. The number of amides is 1. The molecule has 0 bridgehead atoms. The number of hydrogen-bond acceptors (Lipinski definition) is 7. The van der Waals surface area contributed by atoms with Crippen LogP contribution in [0, 0.1) is 10.1 Å². The summed E-state index contributed by atoms with van der Waals surface area (Å²) >= 11 is 6.40. The van der Waals surface area contributed by atoms with Gasteiger partial charge in [0.1, 0.15) is 0 Å². The minimum Gasteiger partial charge on any atom is -0.378 e. The van der Waals surface area contributed by atoms with Crippen LogP contribution in [-0.2, 0) is 4.74 Å². The van der Waals surface area contributed by atoms with Gasteiger partial charge < -0.3 is 19.4 Å². The molecule has 2 aromatic carbocycles. The van der Waals surface area contributed by atoms with E-state index < -0.39 is 4.92 Å². The van der Waals surface area contributed by atoms with Gasteiger partial charge in [0.15, 0.2) is 5.78 Å². The SMILES string of the molecule is CC(=O)c1ccc(N2CCN(C(=O)c3cc([N+](=O)[O-])ccc3N3CCOCC3)CC2)c(Cl)c1. The molecule has 0 saturated carbocycles. The van der Waals surface area contributed by atoms with Gasteiger partial charge in [-0.25, -0.2) is 0 Å². The number of ether oxygens (including phenoxy) is 1. The molecule has 0 aromatic heterocycles. The van der Waals surface area contributed by atoms with Crippen LogP contribution in [0.2, 0.25) is 5.02 Å². The van der Waals surface area contributed by atoms with E-state index in [4.69, 9.17) is 16.3 Å². The first-order valence-electron chi connectivity index (χ1n) is 10.8. The lowest BCUT2D eigenvalue weighted by Gasteiger charge is -2.37. The first kappa shape index (κ1) is 23.0. The molecule has 1 amide bonds. The zero-order valence-corrected chi connectivity index (χ0v) is 19.1. The van der Waals surface area contributed by atoms with Crippen LogP contribution in [-0.4, -0.2) is 74.0 Å². The Morgan fingerprint density at radius 3 is 2.18 bits per heavy atom. The van der Waals surface area contributed by atoms with Crippen LogP contribution in [0.1, 0.15) is 27.6 Å². The number of hydrogen-bond donors (Lipinski definition) is 0. The molecule has 0 aliphatic carbocycles. The van der Waals surface area contributed by atoms with E-state index >= 15 is 0 Å². The van der Waals surface area contributed by atoms with Crippen molar-refractivity contribution in [2.75, 3.05) is 62.3 Å². The lowest BCUT2D eigenvalue weighted by Crippen LogP contribution is -2.49. The number of nitro groups is 1. The molecule has 4 rings (SSSR count). The molecule has 2 aromatic rings. The van der Waals surface area contributed by atoms with Crippen molar-refractivity contribution >= 4 is 40.4 Å². The number of anilines is 2. The predicted molar refractivity (Wildman–Crippen MR) is 126 cm³/mol. The number of benzene rings is 2. The Hall–Kier alpha value is -3.17. The normalized spacial score (nSPS) is 16.6. The van der Waals surface area contributed by atoms with Crippen LogP contribution in [0.4, 0.5) is 17.1 Å². The number of carbonyl (C=O) groups excluding carboxylic acids is 2. The quantitative estimate of drug-likeness (QED) is 0.374. The third-order valence-electron chi connectivity index (χ3n) is 6.03. The fraction of sp³-hybridized carbons (Fsp3) is 0.391. The number of piperazine rings is 1. The summed E-state index contributed by atoms with van der Waals surface area (Å²) in [7, 11) is 0. The maximum Gasteiger partial charge on any atom is 0.270 e. The second-order valence-electron chi connectivity index (χ2n) is 8.06. The molecule has 0 atom stereocenters. The van der Waals surface area contributed by atoms with E-state index in [1.165, 1.54) is 19.1 Å². The summed E-state index contributed by atoms with van der Waals surface area (Å²) in [4.78, 5) is 41.7. The van der Waals surface area contributed by atoms with Crippen LogP contribution in [0.5, 0.6) is 0 Å². The molecule has 0 N–H and O–H groups in total. The minimum atomic E-state index is -0.482. The molecular weight excluding hydrogens is 448 g/mol. The fourth-order valence-corrected chi connectivity index (χ4v) is 4.49. The second kappa shape index (κ2) is 9.76. The Kier molecular flexibility index (Phi) is 6.80. The number of ketones is 1. The predicted octanol–water partition coefficient (Wildman–Crippen LogP) is 3.25. The summed E-state index contributed by atoms with van der Waals surface area (Å²) < 4.78 is 5.40. The standard InChI is InChI=1S/C23H25ClN4O5/c1-16(29)17-2-4-22(20(24)14-17)25-6-8-27(9-7-25)23(30)19-15-18(28(31)32)3-5-21(19)26-10-12-33-13-11-26/h2-5,14-15H,6-13H2,1H3. The third kappa shape index (κ3) is 4.94. The van der Waals surface area contributed by atoms with Gasteiger partial charge in [-0.3, -0.25) is 19.7 Å². The van der Waals surface area contributed by atoms with Crippen molar-refractivity contribution in [3.05, 3.63) is 62.7 Å². The average molecular weight is 473 g/mol. The van der Waals surface area contributed by atoms with Gasteiger partial charge in [0.05, 0.1) is 40.1 Å². The van der Waals surface area contributed by atoms with Gasteiger partial charge in [0.2, 0.25) is 0 Å². The van der Waals surface area contributed by atoms with E-state index in [0.29, 0.717) is 74.3 Å². The van der Waals surface area contributed by atoms with Gasteiger partial charge in [-0.1, -0.05) is 11.6 Å². The van der Waals surface area contributed by atoms with E-state index in [1.54, 1.807) is 23.1 Å². The molecule has 0 radical (unpaired) electrons. The van der Waals surface area contributed by atoms with Crippen molar-refractivity contribution in [2.45, 2.75) is 6.92 Å². The monoisotopic (exact) mass is 472 g/mol. The summed E-state index contributed by atoms with van der Waals surface area (Å²) in [5.74, 6) is -0.273. The second-order valence-corrected chi connectivity index (χ2v) is 8.47. The lowest BCUT2D eigenvalue weighted by molar-refractivity contribution is -0.384. The highest BCUT2D eigenvalue weighted by molar-refractivity contribution is 6.33. The van der Waals surface area contributed by atoms with Crippen LogP contribution < -0.4 is 9.80 Å². The Balaban J connectivity index is 1.52. The van der Waals surface area contributed by atoms with E-state index in [1.807, 2.05) is 11.0 Å². The molecule has 2 saturated heterocycles. The number of rotatable bonds is 5. The maximum atomic E-state index is 13.4. The Morgan fingerprint density at radius 2 is 1.58 bits per heavy atom. The highest BCUT2D eigenvalue weighted by atomic mass is 35.5. The molecule has 174 valence electrons. The summed E-state index contributed by atoms with van der Waals surface area (Å²) in [5, 5.41) is 11.8. The Morgan fingerprint density at radius 1 is 0.939 bits per heavy atom. The van der Waals surface area contributed by atoms with Gasteiger partial charge in [0, 0.05) is 57.0 Å². The first-order valence-corrected chi connectivity index (χ1v) is 11.2. The van der Waals surface area contributed by atoms with Gasteiger partial charge >= 0.3 is 0 Å². The lowest BCUT2D eigenvalue weighted by atomic mass is 10.1. The molecular formula is C23H25ClN4O5. The van der Waals surface area contributed by atoms with Crippen LogP contribution in [0.3, 0.4) is 0 Å². The minimum absolute atomic E-state index is 0.0492. The summed E-state index contributed by atoms with van der Waals surface area (Å²) in [6, 6.07) is 9.70. The number of carbonyl (C=O) groups is 2. The Bertz CT molecular complexity index is 1080. The van der Waals surface area contributed by atoms with Gasteiger partial charge in [-0.15, -0.1) is 0 Å². The largest absolute Gasteiger partial charge is 0.378 e. The number of non-ortho nitro benzene ring substituents is 1. The molecule has 0 spiro atoms. The van der Waals surface area contributed by atoms with Crippen molar-refractivity contribution < 1.29 is 19.2 Å². The number of Topliss-reactive ketones (excluding diaryl/α,β-unsaturated/α-hetero) is 1. The molecule has 9 nitrogen and oxygen atoms in total. The summed E-state index contributed by atoms with van der Waals surface area (Å²) in [5.41, 5.74) is 2.30. The summed E-state index contributed by atoms with van der Waals surface area (Å²) in [6.45, 7) is 5.87. The van der Waals surface area contributed by atoms with Crippen molar-refractivity contribution in [1.29, 1.82) is 0 Å². The van der Waals surface area contributed by atoms with Crippen LogP contribution in [0.25, 0.3) is 0 Å². The highest BCUT2D eigenvalue weighted by Gasteiger charge is 2.28. The third-order valence-corrected chi connectivity index (χ3v) is 6.34. The van der Waals surface area contributed by atoms with Gasteiger partial charge in [-0.05, 0) is 31.2 Å². The van der Waals surface area contributed by atoms with Gasteiger partial charge in [0.25, 0.3) is 11.6 Å². The topological polar surface area (TPSA) is 96.2 Å². The van der Waals surface area contributed by atoms with E-state index in [0.717, 1.165) is 5.69 Å². The number of nitro benzene ring substituents is 1. The highest BCUT2D eigenvalue weighted by Crippen LogP contribution is 2.30. The molecule has 2 fully saturated rings. The molecule has 2 aliphatic rings. The van der Waals surface area contributed by atoms with E-state index in [2.05, 4.69) is 4.90 Å². The van der Waals surface area contributed by atoms with Crippen molar-refractivity contribution in [1.82, 2.24) is 4.90 Å². The number of halogens is 1. The molecule has 2 heterocycles. The zero-order chi connectivity index (χ0) is 23.5. The zero-order valence-electron chi connectivity index (χ0n) is 18.3. The number of nitrogens with zero attached hydrogens (tertiary/aromatic N) is 4. The fourth-order valence-electron chi connectivity index (χ4n) is 4.19. The van der Waals surface area contributed by atoms with Crippen molar-refractivity contribution in [3.63, 3.8) is 0 Å². The number of morpholine rings is 1.